The smallest absolute Gasteiger partial charge is 0.165 e. The molecule has 3 nitrogen and oxygen atoms in total. The Morgan fingerprint density at radius 3 is 2.75 bits per heavy atom. The lowest BCUT2D eigenvalue weighted by molar-refractivity contribution is 0.0580. The van der Waals surface area contributed by atoms with E-state index in [1.54, 1.807) is 12.1 Å². The minimum atomic E-state index is -0.611. The van der Waals surface area contributed by atoms with Gasteiger partial charge in [-0.25, -0.2) is 4.39 Å². The highest BCUT2D eigenvalue weighted by Crippen LogP contribution is 2.33. The predicted octanol–water partition coefficient (Wildman–Crippen LogP) is 1.96. The third-order valence-corrected chi connectivity index (χ3v) is 3.15. The first-order valence-electron chi connectivity index (χ1n) is 5.51. The second kappa shape index (κ2) is 4.80. The minimum Gasteiger partial charge on any atom is -0.505 e. The predicted molar refractivity (Wildman–Crippen MR) is 58.5 cm³/mol. The lowest BCUT2D eigenvalue weighted by atomic mass is 9.87. The fourth-order valence-electron chi connectivity index (χ4n) is 2.13. The van der Waals surface area contributed by atoms with Gasteiger partial charge < -0.3 is 15.6 Å². The van der Waals surface area contributed by atoms with Gasteiger partial charge in [-0.15, -0.1) is 0 Å². The van der Waals surface area contributed by atoms with Crippen LogP contribution in [0.25, 0.3) is 0 Å². The number of aromatic hydroxyl groups is 1. The van der Waals surface area contributed by atoms with E-state index in [9.17, 15) is 9.50 Å². The summed E-state index contributed by atoms with van der Waals surface area (Å²) in [6.07, 6.45) is 1.72. The van der Waals surface area contributed by atoms with E-state index in [-0.39, 0.29) is 17.7 Å². The molecule has 1 atom stereocenters. The molecule has 1 aliphatic rings. The zero-order valence-electron chi connectivity index (χ0n) is 9.03. The molecule has 0 unspecified atom stereocenters. The standard InChI is InChI=1S/C12H16FNO2/c13-10-3-1-2-9(12(10)15)11(14)8-4-6-16-7-5-8/h1-3,8,11,15H,4-7,14H2/t11-/m0/s1. The highest BCUT2D eigenvalue weighted by molar-refractivity contribution is 5.36. The van der Waals surface area contributed by atoms with Crippen molar-refractivity contribution in [2.24, 2.45) is 11.7 Å². The fraction of sp³-hybridized carbons (Fsp3) is 0.500. The van der Waals surface area contributed by atoms with Crippen LogP contribution in [0.1, 0.15) is 24.4 Å². The van der Waals surface area contributed by atoms with Crippen molar-refractivity contribution in [1.82, 2.24) is 0 Å². The van der Waals surface area contributed by atoms with Crippen LogP contribution in [0.5, 0.6) is 5.75 Å². The van der Waals surface area contributed by atoms with Crippen molar-refractivity contribution in [2.45, 2.75) is 18.9 Å². The van der Waals surface area contributed by atoms with Crippen LogP contribution in [-0.4, -0.2) is 18.3 Å². The largest absolute Gasteiger partial charge is 0.505 e. The molecule has 1 fully saturated rings. The van der Waals surface area contributed by atoms with Crippen molar-refractivity contribution in [2.75, 3.05) is 13.2 Å². The maximum absolute atomic E-state index is 13.2. The summed E-state index contributed by atoms with van der Waals surface area (Å²) in [7, 11) is 0. The van der Waals surface area contributed by atoms with Crippen LogP contribution in [0.2, 0.25) is 0 Å². The van der Waals surface area contributed by atoms with Crippen molar-refractivity contribution < 1.29 is 14.2 Å². The number of phenols is 1. The molecule has 1 aromatic carbocycles. The third-order valence-electron chi connectivity index (χ3n) is 3.15. The zero-order valence-corrected chi connectivity index (χ0v) is 9.03. The monoisotopic (exact) mass is 225 g/mol. The molecule has 0 saturated carbocycles. The van der Waals surface area contributed by atoms with Crippen molar-refractivity contribution in [1.29, 1.82) is 0 Å². The summed E-state index contributed by atoms with van der Waals surface area (Å²) < 4.78 is 18.4. The van der Waals surface area contributed by atoms with Gasteiger partial charge >= 0.3 is 0 Å². The second-order valence-corrected chi connectivity index (χ2v) is 4.15. The Morgan fingerprint density at radius 1 is 1.38 bits per heavy atom. The SMILES string of the molecule is N[C@H](c1cccc(F)c1O)C1CCOCC1. The molecule has 1 saturated heterocycles. The first-order valence-corrected chi connectivity index (χ1v) is 5.51. The van der Waals surface area contributed by atoms with Gasteiger partial charge in [0, 0.05) is 24.8 Å². The average Bonchev–Trinajstić information content (AvgIpc) is 2.33. The van der Waals surface area contributed by atoms with Gasteiger partial charge in [0.2, 0.25) is 0 Å². The zero-order chi connectivity index (χ0) is 11.5. The lowest BCUT2D eigenvalue weighted by Gasteiger charge is -2.28. The van der Waals surface area contributed by atoms with Gasteiger partial charge in [0.25, 0.3) is 0 Å². The average molecular weight is 225 g/mol. The lowest BCUT2D eigenvalue weighted by Crippen LogP contribution is -2.27. The Morgan fingerprint density at radius 2 is 2.06 bits per heavy atom. The highest BCUT2D eigenvalue weighted by Gasteiger charge is 2.24. The number of benzene rings is 1. The van der Waals surface area contributed by atoms with Gasteiger partial charge in [0.1, 0.15) is 0 Å². The Balaban J connectivity index is 2.19. The number of hydrogen-bond acceptors (Lipinski definition) is 3. The van der Waals surface area contributed by atoms with Gasteiger partial charge in [-0.2, -0.15) is 0 Å². The molecule has 2 rings (SSSR count). The van der Waals surface area contributed by atoms with Crippen molar-refractivity contribution in [3.8, 4) is 5.75 Å². The summed E-state index contributed by atoms with van der Waals surface area (Å²) in [6, 6.07) is 4.16. The number of nitrogens with two attached hydrogens (primary N) is 1. The van der Waals surface area contributed by atoms with E-state index in [2.05, 4.69) is 0 Å². The number of phenolic OH excluding ortho intramolecular Hbond substituents is 1. The maximum atomic E-state index is 13.2. The summed E-state index contributed by atoms with van der Waals surface area (Å²) in [5.41, 5.74) is 6.55. The number of rotatable bonds is 2. The highest BCUT2D eigenvalue weighted by atomic mass is 19.1. The normalized spacial score (nSPS) is 19.6. The van der Waals surface area contributed by atoms with Gasteiger partial charge in [0.05, 0.1) is 0 Å². The van der Waals surface area contributed by atoms with Crippen molar-refractivity contribution in [3.63, 3.8) is 0 Å². The molecular weight excluding hydrogens is 209 g/mol. The molecule has 88 valence electrons. The van der Waals surface area contributed by atoms with E-state index in [0.717, 1.165) is 12.8 Å². The second-order valence-electron chi connectivity index (χ2n) is 4.15. The minimum absolute atomic E-state index is 0.251. The van der Waals surface area contributed by atoms with Crippen LogP contribution in [0, 0.1) is 11.7 Å². The fourth-order valence-corrected chi connectivity index (χ4v) is 2.13. The number of para-hydroxylation sites is 1. The molecule has 1 aromatic rings. The number of halogens is 1. The van der Waals surface area contributed by atoms with E-state index < -0.39 is 5.82 Å². The number of hydrogen-bond donors (Lipinski definition) is 2. The molecule has 0 aromatic heterocycles. The first-order chi connectivity index (χ1) is 7.70. The van der Waals surface area contributed by atoms with Gasteiger partial charge in [-0.05, 0) is 24.8 Å². The Hall–Kier alpha value is -1.13. The van der Waals surface area contributed by atoms with Crippen LogP contribution in [-0.2, 0) is 4.74 Å². The molecule has 16 heavy (non-hydrogen) atoms. The Kier molecular flexibility index (Phi) is 3.41. The van der Waals surface area contributed by atoms with Gasteiger partial charge in [0.15, 0.2) is 11.6 Å². The summed E-state index contributed by atoms with van der Waals surface area (Å²) in [5.74, 6) is -0.678. The quantitative estimate of drug-likeness (QED) is 0.809. The van der Waals surface area contributed by atoms with Gasteiger partial charge in [-0.3, -0.25) is 0 Å². The molecule has 1 heterocycles. The Labute approximate surface area is 94.0 Å². The van der Waals surface area contributed by atoms with Gasteiger partial charge in [-0.1, -0.05) is 12.1 Å². The molecule has 0 bridgehead atoms. The Bertz CT molecular complexity index is 364. The van der Waals surface area contributed by atoms with E-state index in [4.69, 9.17) is 10.5 Å². The molecule has 1 aliphatic heterocycles. The van der Waals surface area contributed by atoms with Crippen LogP contribution >= 0.6 is 0 Å². The summed E-state index contributed by atoms with van der Waals surface area (Å²) in [5, 5.41) is 9.61. The van der Waals surface area contributed by atoms with E-state index in [1.807, 2.05) is 0 Å². The molecule has 0 spiro atoms. The molecule has 0 amide bonds. The summed E-state index contributed by atoms with van der Waals surface area (Å²) in [4.78, 5) is 0. The molecule has 4 heteroatoms. The maximum Gasteiger partial charge on any atom is 0.165 e. The molecule has 0 aliphatic carbocycles. The van der Waals surface area contributed by atoms with E-state index in [1.165, 1.54) is 6.07 Å². The summed E-state index contributed by atoms with van der Waals surface area (Å²) >= 11 is 0. The summed E-state index contributed by atoms with van der Waals surface area (Å²) in [6.45, 7) is 1.38. The number of ether oxygens (including phenoxy) is 1. The van der Waals surface area contributed by atoms with Crippen molar-refractivity contribution in [3.05, 3.63) is 29.6 Å². The van der Waals surface area contributed by atoms with Crippen LogP contribution in [0.15, 0.2) is 18.2 Å². The molecule has 0 radical (unpaired) electrons. The van der Waals surface area contributed by atoms with E-state index >= 15 is 0 Å². The van der Waals surface area contributed by atoms with Crippen molar-refractivity contribution >= 4 is 0 Å². The topological polar surface area (TPSA) is 55.5 Å². The van der Waals surface area contributed by atoms with E-state index in [0.29, 0.717) is 18.8 Å². The third kappa shape index (κ3) is 2.18. The molecular formula is C12H16FNO2. The van der Waals surface area contributed by atoms with Crippen LogP contribution < -0.4 is 5.73 Å². The first kappa shape index (κ1) is 11.4. The van der Waals surface area contributed by atoms with Crippen LogP contribution in [0.4, 0.5) is 4.39 Å². The van der Waals surface area contributed by atoms with Crippen LogP contribution in [0.3, 0.4) is 0 Å². The molecule has 3 N–H and O–H groups in total.